The summed E-state index contributed by atoms with van der Waals surface area (Å²) in [5.41, 5.74) is 0.986. The maximum absolute atomic E-state index is 12.2. The lowest BCUT2D eigenvalue weighted by molar-refractivity contribution is -0.128. The molecule has 0 saturated carbocycles. The summed E-state index contributed by atoms with van der Waals surface area (Å²) in [6.45, 7) is 4.56. The van der Waals surface area contributed by atoms with Gasteiger partial charge in [0.25, 0.3) is 0 Å². The third kappa shape index (κ3) is 2.73. The van der Waals surface area contributed by atoms with Crippen LogP contribution in [0, 0.1) is 0 Å². The molecule has 2 aromatic rings. The Morgan fingerprint density at radius 1 is 1.50 bits per heavy atom. The van der Waals surface area contributed by atoms with Crippen LogP contribution in [0.2, 0.25) is 0 Å². The average molecular weight is 287 g/mol. The molecule has 5 heteroatoms. The van der Waals surface area contributed by atoms with Gasteiger partial charge in [0.1, 0.15) is 5.01 Å². The molecule has 4 nitrogen and oxygen atoms in total. The van der Waals surface area contributed by atoms with Crippen LogP contribution in [-0.4, -0.2) is 41.5 Å². The second-order valence-electron chi connectivity index (χ2n) is 4.94. The van der Waals surface area contributed by atoms with Crippen molar-refractivity contribution in [1.29, 1.82) is 0 Å². The third-order valence-electron chi connectivity index (χ3n) is 3.46. The fourth-order valence-electron chi connectivity index (χ4n) is 2.37. The van der Waals surface area contributed by atoms with Crippen LogP contribution in [0.4, 0.5) is 0 Å². The van der Waals surface area contributed by atoms with Gasteiger partial charge >= 0.3 is 0 Å². The smallest absolute Gasteiger partial charge is 0.246 e. The first kappa shape index (κ1) is 13.3. The minimum atomic E-state index is 0.0678. The molecule has 2 heterocycles. The van der Waals surface area contributed by atoms with E-state index in [9.17, 15) is 4.79 Å². The summed E-state index contributed by atoms with van der Waals surface area (Å²) in [7, 11) is 0. The number of thiazole rings is 1. The van der Waals surface area contributed by atoms with Crippen LogP contribution in [0.25, 0.3) is 16.3 Å². The Labute approximate surface area is 122 Å². The molecule has 1 unspecified atom stereocenters. The molecule has 1 aliphatic heterocycles. The number of rotatable bonds is 2. The van der Waals surface area contributed by atoms with Gasteiger partial charge in [-0.15, -0.1) is 11.3 Å². The first-order chi connectivity index (χ1) is 9.74. The van der Waals surface area contributed by atoms with Gasteiger partial charge in [-0.25, -0.2) is 4.98 Å². The number of carbonyl (C=O) groups excluding carboxylic acids is 1. The summed E-state index contributed by atoms with van der Waals surface area (Å²) in [6.07, 6.45) is 3.46. The number of hydrogen-bond donors (Lipinski definition) is 1. The monoisotopic (exact) mass is 287 g/mol. The molecule has 1 fully saturated rings. The van der Waals surface area contributed by atoms with Crippen molar-refractivity contribution in [1.82, 2.24) is 15.2 Å². The van der Waals surface area contributed by atoms with Crippen LogP contribution in [-0.2, 0) is 4.79 Å². The number of hydrogen-bond acceptors (Lipinski definition) is 4. The van der Waals surface area contributed by atoms with Crippen molar-refractivity contribution in [2.24, 2.45) is 0 Å². The van der Waals surface area contributed by atoms with Gasteiger partial charge in [0.05, 0.1) is 10.2 Å². The van der Waals surface area contributed by atoms with Crippen molar-refractivity contribution in [2.75, 3.05) is 19.6 Å². The number of para-hydroxylation sites is 1. The number of aromatic nitrogens is 1. The molecule has 1 amide bonds. The summed E-state index contributed by atoms with van der Waals surface area (Å²) in [5, 5.41) is 4.16. The zero-order valence-corrected chi connectivity index (χ0v) is 12.2. The van der Waals surface area contributed by atoms with E-state index in [0.717, 1.165) is 34.9 Å². The van der Waals surface area contributed by atoms with Crippen LogP contribution in [0.15, 0.2) is 30.3 Å². The minimum absolute atomic E-state index is 0.0678. The molecule has 20 heavy (non-hydrogen) atoms. The van der Waals surface area contributed by atoms with Crippen LogP contribution in [0.1, 0.15) is 11.9 Å². The van der Waals surface area contributed by atoms with Crippen LogP contribution in [0.5, 0.6) is 0 Å². The van der Waals surface area contributed by atoms with E-state index in [2.05, 4.69) is 17.2 Å². The lowest BCUT2D eigenvalue weighted by atomic mass is 10.2. The van der Waals surface area contributed by atoms with Gasteiger partial charge in [0.15, 0.2) is 0 Å². The Kier molecular flexibility index (Phi) is 3.80. The number of nitrogens with zero attached hydrogens (tertiary/aromatic N) is 2. The van der Waals surface area contributed by atoms with Crippen molar-refractivity contribution in [3.63, 3.8) is 0 Å². The van der Waals surface area contributed by atoms with Gasteiger partial charge in [-0.3, -0.25) is 4.79 Å². The van der Waals surface area contributed by atoms with Crippen molar-refractivity contribution < 1.29 is 4.79 Å². The van der Waals surface area contributed by atoms with E-state index in [1.165, 1.54) is 0 Å². The molecule has 0 bridgehead atoms. The summed E-state index contributed by atoms with van der Waals surface area (Å²) in [5.74, 6) is 0.0678. The summed E-state index contributed by atoms with van der Waals surface area (Å²) in [4.78, 5) is 18.6. The second kappa shape index (κ2) is 5.73. The van der Waals surface area contributed by atoms with E-state index in [4.69, 9.17) is 0 Å². The van der Waals surface area contributed by atoms with E-state index in [1.54, 1.807) is 17.4 Å². The molecule has 1 saturated heterocycles. The SMILES string of the molecule is CC1CNCCN1C(=O)/C=C/c1nc2ccccc2s1. The highest BCUT2D eigenvalue weighted by Crippen LogP contribution is 2.22. The summed E-state index contributed by atoms with van der Waals surface area (Å²) < 4.78 is 1.15. The lowest BCUT2D eigenvalue weighted by Gasteiger charge is -2.33. The van der Waals surface area contributed by atoms with Crippen molar-refractivity contribution in [3.05, 3.63) is 35.3 Å². The third-order valence-corrected chi connectivity index (χ3v) is 4.46. The van der Waals surface area contributed by atoms with Crippen molar-refractivity contribution in [3.8, 4) is 0 Å². The number of amides is 1. The Morgan fingerprint density at radius 3 is 3.15 bits per heavy atom. The molecule has 0 radical (unpaired) electrons. The largest absolute Gasteiger partial charge is 0.334 e. The Hall–Kier alpha value is -1.72. The first-order valence-corrected chi connectivity index (χ1v) is 7.60. The molecule has 1 aromatic heterocycles. The van der Waals surface area contributed by atoms with Gasteiger partial charge in [0, 0.05) is 31.8 Å². The van der Waals surface area contributed by atoms with E-state index in [-0.39, 0.29) is 11.9 Å². The van der Waals surface area contributed by atoms with E-state index in [1.807, 2.05) is 35.2 Å². The normalized spacial score (nSPS) is 19.9. The van der Waals surface area contributed by atoms with Gasteiger partial charge in [-0.05, 0) is 25.1 Å². The number of piperazine rings is 1. The van der Waals surface area contributed by atoms with Gasteiger partial charge in [-0.1, -0.05) is 12.1 Å². The zero-order valence-electron chi connectivity index (χ0n) is 11.4. The number of nitrogens with one attached hydrogen (secondary N) is 1. The summed E-state index contributed by atoms with van der Waals surface area (Å²) >= 11 is 1.61. The molecule has 1 N–H and O–H groups in total. The fraction of sp³-hybridized carbons (Fsp3) is 0.333. The quantitative estimate of drug-likeness (QED) is 0.861. The van der Waals surface area contributed by atoms with Crippen LogP contribution >= 0.6 is 11.3 Å². The molecule has 1 atom stereocenters. The zero-order chi connectivity index (χ0) is 13.9. The van der Waals surface area contributed by atoms with Crippen molar-refractivity contribution >= 4 is 33.5 Å². The standard InChI is InChI=1S/C15H17N3OS/c1-11-10-16-8-9-18(11)15(19)7-6-14-17-12-4-2-3-5-13(12)20-14/h2-7,11,16H,8-10H2,1H3/b7-6+. The molecular formula is C15H17N3OS. The molecule has 0 aliphatic carbocycles. The Morgan fingerprint density at radius 2 is 2.35 bits per heavy atom. The number of fused-ring (bicyclic) bond motifs is 1. The topological polar surface area (TPSA) is 45.2 Å². The highest BCUT2D eigenvalue weighted by Gasteiger charge is 2.20. The van der Waals surface area contributed by atoms with Crippen molar-refractivity contribution in [2.45, 2.75) is 13.0 Å². The Balaban J connectivity index is 1.74. The highest BCUT2D eigenvalue weighted by atomic mass is 32.1. The number of carbonyl (C=O) groups is 1. The lowest BCUT2D eigenvalue weighted by Crippen LogP contribution is -2.51. The Bertz CT molecular complexity index is 616. The highest BCUT2D eigenvalue weighted by molar-refractivity contribution is 7.19. The predicted molar refractivity (Wildman–Crippen MR) is 82.7 cm³/mol. The van der Waals surface area contributed by atoms with E-state index < -0.39 is 0 Å². The molecular weight excluding hydrogens is 270 g/mol. The maximum Gasteiger partial charge on any atom is 0.246 e. The molecule has 1 aromatic carbocycles. The van der Waals surface area contributed by atoms with E-state index in [0.29, 0.717) is 0 Å². The fourth-order valence-corrected chi connectivity index (χ4v) is 3.24. The van der Waals surface area contributed by atoms with Gasteiger partial charge in [-0.2, -0.15) is 0 Å². The van der Waals surface area contributed by atoms with Crippen LogP contribution < -0.4 is 5.32 Å². The van der Waals surface area contributed by atoms with Gasteiger partial charge < -0.3 is 10.2 Å². The van der Waals surface area contributed by atoms with E-state index >= 15 is 0 Å². The minimum Gasteiger partial charge on any atom is -0.334 e. The summed E-state index contributed by atoms with van der Waals surface area (Å²) in [6, 6.07) is 8.26. The average Bonchev–Trinajstić information content (AvgIpc) is 2.88. The molecule has 3 rings (SSSR count). The molecule has 1 aliphatic rings. The predicted octanol–water partition coefficient (Wildman–Crippen LogP) is 2.13. The first-order valence-electron chi connectivity index (χ1n) is 6.79. The number of benzene rings is 1. The van der Waals surface area contributed by atoms with Gasteiger partial charge in [0.2, 0.25) is 5.91 Å². The van der Waals surface area contributed by atoms with Crippen LogP contribution in [0.3, 0.4) is 0 Å². The molecule has 104 valence electrons. The molecule has 0 spiro atoms. The maximum atomic E-state index is 12.2. The second-order valence-corrected chi connectivity index (χ2v) is 6.00.